The van der Waals surface area contributed by atoms with E-state index in [-0.39, 0.29) is 12.1 Å². The number of hydrogen-bond donors (Lipinski definition) is 0. The van der Waals surface area contributed by atoms with Crippen LogP contribution in [-0.4, -0.2) is 32.4 Å². The van der Waals surface area contributed by atoms with Gasteiger partial charge in [0, 0.05) is 4.47 Å². The van der Waals surface area contributed by atoms with Crippen molar-refractivity contribution < 1.29 is 19.0 Å². The van der Waals surface area contributed by atoms with Crippen molar-refractivity contribution in [1.29, 1.82) is 0 Å². The van der Waals surface area contributed by atoms with E-state index in [4.69, 9.17) is 9.47 Å². The van der Waals surface area contributed by atoms with E-state index in [1.807, 2.05) is 6.07 Å². The average molecular weight is 301 g/mol. The zero-order valence-corrected chi connectivity index (χ0v) is 11.0. The van der Waals surface area contributed by atoms with Crippen LogP contribution in [0.3, 0.4) is 0 Å². The summed E-state index contributed by atoms with van der Waals surface area (Å²) in [4.78, 5) is 11.3. The molecule has 1 aromatic carbocycles. The van der Waals surface area contributed by atoms with Gasteiger partial charge in [0.25, 0.3) is 0 Å². The Hall–Kier alpha value is -0.910. The standard InChI is InChI=1S/C12H13BrO4/c1-15-12(14)8-2-3-9(11(13)4-8)5-17-10-6-16-7-10/h2-4,10H,5-7H2,1H3. The molecule has 0 bridgehead atoms. The zero-order chi connectivity index (χ0) is 12.3. The summed E-state index contributed by atoms with van der Waals surface area (Å²) in [5, 5.41) is 0. The second kappa shape index (κ2) is 5.62. The van der Waals surface area contributed by atoms with Crippen molar-refractivity contribution >= 4 is 21.9 Å². The van der Waals surface area contributed by atoms with E-state index in [9.17, 15) is 4.79 Å². The first kappa shape index (κ1) is 12.5. The topological polar surface area (TPSA) is 44.8 Å². The van der Waals surface area contributed by atoms with Crippen LogP contribution < -0.4 is 0 Å². The number of benzene rings is 1. The number of hydrogen-bond acceptors (Lipinski definition) is 4. The Labute approximate surface area is 108 Å². The van der Waals surface area contributed by atoms with Gasteiger partial charge in [0.2, 0.25) is 0 Å². The molecule has 0 amide bonds. The van der Waals surface area contributed by atoms with E-state index in [0.29, 0.717) is 25.4 Å². The summed E-state index contributed by atoms with van der Waals surface area (Å²) in [5.41, 5.74) is 1.53. The second-order valence-corrected chi connectivity index (χ2v) is 4.62. The minimum atomic E-state index is -0.342. The summed E-state index contributed by atoms with van der Waals surface area (Å²) >= 11 is 3.42. The predicted molar refractivity (Wildman–Crippen MR) is 64.9 cm³/mol. The number of esters is 1. The van der Waals surface area contributed by atoms with Crippen molar-refractivity contribution in [3.8, 4) is 0 Å². The highest BCUT2D eigenvalue weighted by molar-refractivity contribution is 9.10. The number of ether oxygens (including phenoxy) is 3. The van der Waals surface area contributed by atoms with Gasteiger partial charge in [0.05, 0.1) is 32.5 Å². The molecule has 0 N–H and O–H groups in total. The van der Waals surface area contributed by atoms with Crippen LogP contribution >= 0.6 is 15.9 Å². The van der Waals surface area contributed by atoms with Gasteiger partial charge in [-0.3, -0.25) is 0 Å². The molecule has 0 aromatic heterocycles. The van der Waals surface area contributed by atoms with Gasteiger partial charge >= 0.3 is 5.97 Å². The molecule has 0 atom stereocenters. The number of methoxy groups -OCH3 is 1. The number of halogens is 1. The van der Waals surface area contributed by atoms with Crippen LogP contribution in [0.25, 0.3) is 0 Å². The van der Waals surface area contributed by atoms with Gasteiger partial charge in [-0.1, -0.05) is 22.0 Å². The molecule has 1 aliphatic rings. The largest absolute Gasteiger partial charge is 0.465 e. The third-order valence-electron chi connectivity index (χ3n) is 2.56. The van der Waals surface area contributed by atoms with Crippen molar-refractivity contribution in [2.75, 3.05) is 20.3 Å². The van der Waals surface area contributed by atoms with Crippen LogP contribution in [-0.2, 0) is 20.8 Å². The Balaban J connectivity index is 2.00. The molecule has 0 saturated carbocycles. The van der Waals surface area contributed by atoms with Crippen LogP contribution in [0.2, 0.25) is 0 Å². The van der Waals surface area contributed by atoms with Gasteiger partial charge in [-0.15, -0.1) is 0 Å². The number of rotatable bonds is 4. The summed E-state index contributed by atoms with van der Waals surface area (Å²) in [6, 6.07) is 5.32. The van der Waals surface area contributed by atoms with Crippen molar-refractivity contribution in [3.63, 3.8) is 0 Å². The molecule has 0 aliphatic carbocycles. The molecule has 0 spiro atoms. The summed E-state index contributed by atoms with van der Waals surface area (Å²) in [6.07, 6.45) is 0.196. The molecule has 0 unspecified atom stereocenters. The normalized spacial score (nSPS) is 15.4. The molecule has 1 heterocycles. The molecule has 4 nitrogen and oxygen atoms in total. The minimum Gasteiger partial charge on any atom is -0.465 e. The van der Waals surface area contributed by atoms with E-state index in [1.54, 1.807) is 12.1 Å². The maximum Gasteiger partial charge on any atom is 0.337 e. The Morgan fingerprint density at radius 2 is 2.29 bits per heavy atom. The molecule has 0 radical (unpaired) electrons. The predicted octanol–water partition coefficient (Wildman–Crippen LogP) is 2.15. The molecule has 2 rings (SSSR count). The van der Waals surface area contributed by atoms with Gasteiger partial charge < -0.3 is 14.2 Å². The second-order valence-electron chi connectivity index (χ2n) is 3.77. The van der Waals surface area contributed by atoms with Crippen molar-refractivity contribution in [1.82, 2.24) is 0 Å². The van der Waals surface area contributed by atoms with Crippen LogP contribution in [0.5, 0.6) is 0 Å². The van der Waals surface area contributed by atoms with Gasteiger partial charge in [-0.2, -0.15) is 0 Å². The highest BCUT2D eigenvalue weighted by Crippen LogP contribution is 2.21. The van der Waals surface area contributed by atoms with Crippen LogP contribution in [0, 0.1) is 0 Å². The lowest BCUT2D eigenvalue weighted by molar-refractivity contribution is -0.135. The summed E-state index contributed by atoms with van der Waals surface area (Å²) < 4.78 is 16.1. The summed E-state index contributed by atoms with van der Waals surface area (Å²) in [7, 11) is 1.36. The molecule has 92 valence electrons. The lowest BCUT2D eigenvalue weighted by Gasteiger charge is -2.26. The molecule has 1 saturated heterocycles. The molecular formula is C12H13BrO4. The number of carbonyl (C=O) groups is 1. The third kappa shape index (κ3) is 3.06. The van der Waals surface area contributed by atoms with E-state index < -0.39 is 0 Å². The fraction of sp³-hybridized carbons (Fsp3) is 0.417. The van der Waals surface area contributed by atoms with Crippen LogP contribution in [0.4, 0.5) is 0 Å². The van der Waals surface area contributed by atoms with E-state index in [2.05, 4.69) is 20.7 Å². The lowest BCUT2D eigenvalue weighted by Crippen LogP contribution is -2.35. The third-order valence-corrected chi connectivity index (χ3v) is 3.29. The molecular weight excluding hydrogens is 288 g/mol. The van der Waals surface area contributed by atoms with Crippen molar-refractivity contribution in [3.05, 3.63) is 33.8 Å². The zero-order valence-electron chi connectivity index (χ0n) is 9.44. The molecule has 1 aromatic rings. The minimum absolute atomic E-state index is 0.196. The quantitative estimate of drug-likeness (QED) is 0.799. The molecule has 17 heavy (non-hydrogen) atoms. The Morgan fingerprint density at radius 3 is 2.82 bits per heavy atom. The first-order chi connectivity index (χ1) is 8.20. The molecule has 1 fully saturated rings. The molecule has 5 heteroatoms. The SMILES string of the molecule is COC(=O)c1ccc(COC2COC2)c(Br)c1. The average Bonchev–Trinajstić information content (AvgIpc) is 2.28. The van der Waals surface area contributed by atoms with E-state index in [1.165, 1.54) is 7.11 Å². The highest BCUT2D eigenvalue weighted by Gasteiger charge is 2.19. The Bertz CT molecular complexity index is 415. The van der Waals surface area contributed by atoms with E-state index >= 15 is 0 Å². The lowest BCUT2D eigenvalue weighted by atomic mass is 10.1. The smallest absolute Gasteiger partial charge is 0.337 e. The Morgan fingerprint density at radius 1 is 1.53 bits per heavy atom. The first-order valence-corrected chi connectivity index (χ1v) is 6.06. The van der Waals surface area contributed by atoms with Gasteiger partial charge in [0.1, 0.15) is 6.10 Å². The van der Waals surface area contributed by atoms with Crippen LogP contribution in [0.15, 0.2) is 22.7 Å². The van der Waals surface area contributed by atoms with Gasteiger partial charge in [0.15, 0.2) is 0 Å². The monoisotopic (exact) mass is 300 g/mol. The first-order valence-electron chi connectivity index (χ1n) is 5.27. The summed E-state index contributed by atoms with van der Waals surface area (Å²) in [6.45, 7) is 1.84. The maximum absolute atomic E-state index is 11.3. The fourth-order valence-electron chi connectivity index (χ4n) is 1.43. The van der Waals surface area contributed by atoms with Crippen molar-refractivity contribution in [2.24, 2.45) is 0 Å². The Kier molecular flexibility index (Phi) is 4.15. The number of carbonyl (C=O) groups excluding carboxylic acids is 1. The van der Waals surface area contributed by atoms with Crippen LogP contribution in [0.1, 0.15) is 15.9 Å². The summed E-state index contributed by atoms with van der Waals surface area (Å²) in [5.74, 6) is -0.342. The van der Waals surface area contributed by atoms with Gasteiger partial charge in [-0.05, 0) is 17.7 Å². The molecule has 1 aliphatic heterocycles. The van der Waals surface area contributed by atoms with E-state index in [0.717, 1.165) is 10.0 Å². The fourth-order valence-corrected chi connectivity index (χ4v) is 1.92. The van der Waals surface area contributed by atoms with Gasteiger partial charge in [-0.25, -0.2) is 4.79 Å². The van der Waals surface area contributed by atoms with Crippen molar-refractivity contribution in [2.45, 2.75) is 12.7 Å². The maximum atomic E-state index is 11.3. The highest BCUT2D eigenvalue weighted by atomic mass is 79.9.